The van der Waals surface area contributed by atoms with Gasteiger partial charge in [0.1, 0.15) is 10.7 Å². The van der Waals surface area contributed by atoms with E-state index in [2.05, 4.69) is 15.3 Å². The molecule has 0 aliphatic carbocycles. The fourth-order valence-corrected chi connectivity index (χ4v) is 2.75. The number of pyridine rings is 1. The largest absolute Gasteiger partial charge is 0.416 e. The third kappa shape index (κ3) is 4.07. The van der Waals surface area contributed by atoms with Crippen molar-refractivity contribution in [1.82, 2.24) is 9.97 Å². The maximum Gasteiger partial charge on any atom is 0.416 e. The Morgan fingerprint density at radius 2 is 2.00 bits per heavy atom. The summed E-state index contributed by atoms with van der Waals surface area (Å²) in [6, 6.07) is 0.862. The summed E-state index contributed by atoms with van der Waals surface area (Å²) in [5.41, 5.74) is -0.687. The van der Waals surface area contributed by atoms with Crippen LogP contribution in [0.4, 0.5) is 19.0 Å². The first-order valence-electron chi connectivity index (χ1n) is 7.05. The van der Waals surface area contributed by atoms with Crippen LogP contribution >= 0.6 is 11.3 Å². The average molecular weight is 343 g/mol. The molecular formula is C15H16F3N3OS. The molecule has 2 rings (SSSR count). The van der Waals surface area contributed by atoms with Gasteiger partial charge in [-0.2, -0.15) is 13.2 Å². The highest BCUT2D eigenvalue weighted by Crippen LogP contribution is 2.33. The van der Waals surface area contributed by atoms with Gasteiger partial charge in [-0.3, -0.25) is 4.79 Å². The molecule has 0 unspecified atom stereocenters. The van der Waals surface area contributed by atoms with Crippen molar-refractivity contribution in [3.8, 4) is 0 Å². The lowest BCUT2D eigenvalue weighted by atomic mass is 10.1. The highest BCUT2D eigenvalue weighted by molar-refractivity contribution is 7.13. The molecule has 1 N–H and O–H groups in total. The van der Waals surface area contributed by atoms with Crippen molar-refractivity contribution in [2.75, 3.05) is 5.32 Å². The Labute approximate surface area is 135 Å². The number of hydrogen-bond acceptors (Lipinski definition) is 4. The Balaban J connectivity index is 2.24. The Morgan fingerprint density at radius 1 is 1.30 bits per heavy atom. The second kappa shape index (κ2) is 6.66. The number of carbonyl (C=O) groups is 1. The number of aromatic nitrogens is 2. The number of thiazole rings is 1. The maximum atomic E-state index is 13.0. The molecule has 0 aliphatic heterocycles. The maximum absolute atomic E-state index is 13.0. The molecule has 4 nitrogen and oxygen atoms in total. The third-order valence-electron chi connectivity index (χ3n) is 3.16. The zero-order valence-electron chi connectivity index (χ0n) is 12.9. The molecule has 0 fully saturated rings. The number of halogens is 3. The summed E-state index contributed by atoms with van der Waals surface area (Å²) in [7, 11) is 0. The predicted octanol–water partition coefficient (Wildman–Crippen LogP) is 4.50. The van der Waals surface area contributed by atoms with Gasteiger partial charge in [-0.15, -0.1) is 11.3 Å². The Bertz CT molecular complexity index is 710. The number of alkyl halides is 3. The number of hydrogen-bond donors (Lipinski definition) is 1. The van der Waals surface area contributed by atoms with Crippen molar-refractivity contribution >= 4 is 23.1 Å². The highest BCUT2D eigenvalue weighted by atomic mass is 32.1. The molecule has 0 aliphatic rings. The molecule has 2 heterocycles. The first-order chi connectivity index (χ1) is 10.7. The van der Waals surface area contributed by atoms with E-state index in [9.17, 15) is 18.0 Å². The second-order valence-electron chi connectivity index (χ2n) is 5.25. The van der Waals surface area contributed by atoms with Crippen molar-refractivity contribution < 1.29 is 18.0 Å². The number of amides is 1. The van der Waals surface area contributed by atoms with Crippen molar-refractivity contribution in [2.45, 2.75) is 39.3 Å². The minimum atomic E-state index is -4.48. The van der Waals surface area contributed by atoms with E-state index < -0.39 is 17.6 Å². The first-order valence-corrected chi connectivity index (χ1v) is 7.87. The molecule has 0 atom stereocenters. The van der Waals surface area contributed by atoms with Crippen LogP contribution in [0, 0.1) is 0 Å². The van der Waals surface area contributed by atoms with Crippen LogP contribution in [0.2, 0.25) is 0 Å². The van der Waals surface area contributed by atoms with Crippen LogP contribution in [-0.4, -0.2) is 15.9 Å². The van der Waals surface area contributed by atoms with Crippen molar-refractivity contribution in [3.05, 3.63) is 39.5 Å². The van der Waals surface area contributed by atoms with Crippen molar-refractivity contribution in [2.24, 2.45) is 0 Å². The van der Waals surface area contributed by atoms with Crippen LogP contribution in [0.25, 0.3) is 0 Å². The van der Waals surface area contributed by atoms with Crippen molar-refractivity contribution in [3.63, 3.8) is 0 Å². The SMILES string of the molecule is CCc1cnc(NC(=O)c2cnc(C(C)C)s2)cc1C(F)(F)F. The van der Waals surface area contributed by atoms with Crippen LogP contribution in [0.5, 0.6) is 0 Å². The van der Waals surface area contributed by atoms with Gasteiger partial charge in [0.05, 0.1) is 16.8 Å². The lowest BCUT2D eigenvalue weighted by molar-refractivity contribution is -0.138. The van der Waals surface area contributed by atoms with Crippen LogP contribution < -0.4 is 5.32 Å². The smallest absolute Gasteiger partial charge is 0.306 e. The van der Waals surface area contributed by atoms with Crippen LogP contribution in [0.15, 0.2) is 18.5 Å². The van der Waals surface area contributed by atoms with E-state index in [0.717, 1.165) is 17.3 Å². The van der Waals surface area contributed by atoms with Gasteiger partial charge in [0.2, 0.25) is 0 Å². The standard InChI is InChI=1S/C15H16F3N3OS/c1-4-9-6-19-12(5-10(9)15(16,17)18)21-13(22)11-7-20-14(23-11)8(2)3/h5-8H,4H2,1-3H3,(H,19,21,22). The summed E-state index contributed by atoms with van der Waals surface area (Å²) < 4.78 is 39.1. The lowest BCUT2D eigenvalue weighted by Gasteiger charge is -2.13. The molecule has 2 aromatic heterocycles. The number of nitrogens with one attached hydrogen (secondary N) is 1. The quantitative estimate of drug-likeness (QED) is 0.889. The number of anilines is 1. The Morgan fingerprint density at radius 3 is 2.52 bits per heavy atom. The van der Waals surface area contributed by atoms with Gasteiger partial charge in [-0.05, 0) is 18.1 Å². The molecule has 0 saturated carbocycles. The average Bonchev–Trinajstić information content (AvgIpc) is 2.96. The zero-order valence-corrected chi connectivity index (χ0v) is 13.7. The molecule has 0 radical (unpaired) electrons. The van der Waals surface area contributed by atoms with E-state index in [-0.39, 0.29) is 23.7 Å². The van der Waals surface area contributed by atoms with E-state index in [0.29, 0.717) is 4.88 Å². The Kier molecular flexibility index (Phi) is 5.03. The lowest BCUT2D eigenvalue weighted by Crippen LogP contribution is -2.15. The van der Waals surface area contributed by atoms with Crippen LogP contribution in [0.3, 0.4) is 0 Å². The molecule has 23 heavy (non-hydrogen) atoms. The van der Waals surface area contributed by atoms with Gasteiger partial charge in [0.25, 0.3) is 5.91 Å². The molecule has 0 bridgehead atoms. The summed E-state index contributed by atoms with van der Waals surface area (Å²) in [4.78, 5) is 20.4. The molecule has 1 amide bonds. The van der Waals surface area contributed by atoms with Crippen molar-refractivity contribution in [1.29, 1.82) is 0 Å². The monoisotopic (exact) mass is 343 g/mol. The van der Waals surface area contributed by atoms with Gasteiger partial charge < -0.3 is 5.32 Å². The number of rotatable bonds is 4. The number of carbonyl (C=O) groups excluding carboxylic acids is 1. The Hall–Kier alpha value is -1.96. The number of nitrogens with zero attached hydrogens (tertiary/aromatic N) is 2. The minimum absolute atomic E-state index is 0.0929. The molecule has 0 aromatic carbocycles. The third-order valence-corrected chi connectivity index (χ3v) is 4.45. The normalized spacial score (nSPS) is 11.8. The van der Waals surface area contributed by atoms with Gasteiger partial charge in [-0.1, -0.05) is 20.8 Å². The van der Waals surface area contributed by atoms with Gasteiger partial charge in [0, 0.05) is 12.1 Å². The van der Waals surface area contributed by atoms with E-state index in [1.54, 1.807) is 6.92 Å². The predicted molar refractivity (Wildman–Crippen MR) is 82.8 cm³/mol. The summed E-state index contributed by atoms with van der Waals surface area (Å²) >= 11 is 1.21. The van der Waals surface area contributed by atoms with E-state index in [1.165, 1.54) is 17.5 Å². The minimum Gasteiger partial charge on any atom is -0.306 e. The summed E-state index contributed by atoms with van der Waals surface area (Å²) in [6.45, 7) is 5.51. The summed E-state index contributed by atoms with van der Waals surface area (Å²) in [6.07, 6.45) is -1.71. The first kappa shape index (κ1) is 17.4. The fraction of sp³-hybridized carbons (Fsp3) is 0.400. The van der Waals surface area contributed by atoms with Gasteiger partial charge >= 0.3 is 6.18 Å². The topological polar surface area (TPSA) is 54.9 Å². The van der Waals surface area contributed by atoms with Gasteiger partial charge in [0.15, 0.2) is 0 Å². The van der Waals surface area contributed by atoms with E-state index in [1.807, 2.05) is 13.8 Å². The van der Waals surface area contributed by atoms with E-state index >= 15 is 0 Å². The zero-order chi connectivity index (χ0) is 17.2. The highest BCUT2D eigenvalue weighted by Gasteiger charge is 2.33. The van der Waals surface area contributed by atoms with Crippen LogP contribution in [0.1, 0.15) is 52.5 Å². The molecule has 124 valence electrons. The molecule has 8 heteroatoms. The summed E-state index contributed by atoms with van der Waals surface area (Å²) in [5, 5.41) is 3.19. The molecule has 0 saturated heterocycles. The second-order valence-corrected chi connectivity index (χ2v) is 6.31. The number of aryl methyl sites for hydroxylation is 1. The molecular weight excluding hydrogens is 327 g/mol. The fourth-order valence-electron chi connectivity index (χ4n) is 1.94. The van der Waals surface area contributed by atoms with Crippen LogP contribution in [-0.2, 0) is 12.6 Å². The van der Waals surface area contributed by atoms with Gasteiger partial charge in [-0.25, -0.2) is 9.97 Å². The van der Waals surface area contributed by atoms with E-state index in [4.69, 9.17) is 0 Å². The summed E-state index contributed by atoms with van der Waals surface area (Å²) in [5.74, 6) is -0.460. The molecule has 0 spiro atoms. The molecule has 2 aromatic rings.